The predicted octanol–water partition coefficient (Wildman–Crippen LogP) is 4.74. The molecule has 0 bridgehead atoms. The molecule has 0 saturated heterocycles. The number of pyridine rings is 1. The molecule has 0 aliphatic heterocycles. The predicted molar refractivity (Wildman–Crippen MR) is 89.8 cm³/mol. The van der Waals surface area contributed by atoms with Gasteiger partial charge in [0.05, 0.1) is 20.9 Å². The van der Waals surface area contributed by atoms with E-state index in [0.29, 0.717) is 26.5 Å². The molecule has 1 aromatic carbocycles. The number of nitrogens with zero attached hydrogens (tertiary/aromatic N) is 2. The van der Waals surface area contributed by atoms with E-state index < -0.39 is 12.7 Å². The molecule has 1 N–H and O–H groups in total. The zero-order valence-corrected chi connectivity index (χ0v) is 14.7. The SMILES string of the molecule is Cc1nc2cc(Cl)c(Br)cn2c1C(O)c1ccccc1OC(F)F. The summed E-state index contributed by atoms with van der Waals surface area (Å²) in [5.41, 5.74) is 1.78. The summed E-state index contributed by atoms with van der Waals surface area (Å²) in [6.07, 6.45) is 0.482. The minimum Gasteiger partial charge on any atom is -0.434 e. The quantitative estimate of drug-likeness (QED) is 0.667. The highest BCUT2D eigenvalue weighted by Crippen LogP contribution is 2.34. The summed E-state index contributed by atoms with van der Waals surface area (Å²) in [7, 11) is 0. The van der Waals surface area contributed by atoms with Crippen molar-refractivity contribution in [1.29, 1.82) is 0 Å². The van der Waals surface area contributed by atoms with Gasteiger partial charge in [-0.15, -0.1) is 0 Å². The van der Waals surface area contributed by atoms with Crippen LogP contribution in [0.25, 0.3) is 5.65 Å². The minimum absolute atomic E-state index is 0.0811. The number of ether oxygens (including phenoxy) is 1. The number of hydrogen-bond donors (Lipinski definition) is 1. The van der Waals surface area contributed by atoms with E-state index in [0.717, 1.165) is 0 Å². The summed E-state index contributed by atoms with van der Waals surface area (Å²) in [6, 6.07) is 7.77. The van der Waals surface area contributed by atoms with Gasteiger partial charge >= 0.3 is 6.61 Å². The Balaban J connectivity index is 2.14. The third-order valence-electron chi connectivity index (χ3n) is 3.57. The standard InChI is InChI=1S/C16H12BrClF2N2O2/c1-8-14(22-7-10(17)11(18)6-13(22)21-8)15(23)9-4-2-3-5-12(9)24-16(19)20/h2-7,15-16,23H,1H3. The fourth-order valence-corrected chi connectivity index (χ4v) is 3.03. The topological polar surface area (TPSA) is 46.8 Å². The van der Waals surface area contributed by atoms with E-state index in [1.165, 1.54) is 12.1 Å². The van der Waals surface area contributed by atoms with Crippen LogP contribution in [0.2, 0.25) is 5.02 Å². The lowest BCUT2D eigenvalue weighted by atomic mass is 10.0. The number of aliphatic hydroxyl groups is 1. The fraction of sp³-hybridized carbons (Fsp3) is 0.188. The number of para-hydroxylation sites is 1. The van der Waals surface area contributed by atoms with Crippen LogP contribution < -0.4 is 4.74 Å². The Morgan fingerprint density at radius 1 is 1.33 bits per heavy atom. The largest absolute Gasteiger partial charge is 0.434 e. The molecule has 8 heteroatoms. The van der Waals surface area contributed by atoms with Gasteiger partial charge < -0.3 is 9.84 Å². The fourth-order valence-electron chi connectivity index (χ4n) is 2.56. The molecule has 0 spiro atoms. The van der Waals surface area contributed by atoms with E-state index in [1.54, 1.807) is 35.7 Å². The van der Waals surface area contributed by atoms with Crippen molar-refractivity contribution >= 4 is 33.2 Å². The summed E-state index contributed by atoms with van der Waals surface area (Å²) in [5.74, 6) is -0.0811. The lowest BCUT2D eigenvalue weighted by Gasteiger charge is -2.16. The number of imidazole rings is 1. The van der Waals surface area contributed by atoms with Crippen molar-refractivity contribution in [3.8, 4) is 5.75 Å². The van der Waals surface area contributed by atoms with Crippen molar-refractivity contribution in [3.63, 3.8) is 0 Å². The smallest absolute Gasteiger partial charge is 0.387 e. The highest BCUT2D eigenvalue weighted by atomic mass is 79.9. The molecule has 0 radical (unpaired) electrons. The molecular formula is C16H12BrClF2N2O2. The first-order valence-corrected chi connectivity index (χ1v) is 8.11. The Bertz CT molecular complexity index is 901. The van der Waals surface area contributed by atoms with Crippen LogP contribution in [0.3, 0.4) is 0 Å². The molecular weight excluding hydrogens is 406 g/mol. The average molecular weight is 418 g/mol. The molecule has 2 heterocycles. The van der Waals surface area contributed by atoms with Gasteiger partial charge in [0, 0.05) is 17.8 Å². The molecule has 24 heavy (non-hydrogen) atoms. The summed E-state index contributed by atoms with van der Waals surface area (Å²) < 4.78 is 32.0. The van der Waals surface area contributed by atoms with Crippen LogP contribution in [0, 0.1) is 6.92 Å². The Hall–Kier alpha value is -1.70. The molecule has 1 atom stereocenters. The zero-order chi connectivity index (χ0) is 17.4. The monoisotopic (exact) mass is 416 g/mol. The van der Waals surface area contributed by atoms with Gasteiger partial charge in [0.15, 0.2) is 0 Å². The van der Waals surface area contributed by atoms with Gasteiger partial charge in [0.2, 0.25) is 0 Å². The minimum atomic E-state index is -2.98. The summed E-state index contributed by atoms with van der Waals surface area (Å²) in [6.45, 7) is -1.25. The first kappa shape index (κ1) is 17.1. The van der Waals surface area contributed by atoms with E-state index in [-0.39, 0.29) is 11.3 Å². The number of benzene rings is 1. The van der Waals surface area contributed by atoms with Gasteiger partial charge in [0.1, 0.15) is 17.5 Å². The van der Waals surface area contributed by atoms with Crippen LogP contribution in [0.4, 0.5) is 8.78 Å². The van der Waals surface area contributed by atoms with Gasteiger partial charge in [0.25, 0.3) is 0 Å². The number of alkyl halides is 2. The number of fused-ring (bicyclic) bond motifs is 1. The zero-order valence-electron chi connectivity index (χ0n) is 12.4. The van der Waals surface area contributed by atoms with Gasteiger partial charge in [-0.1, -0.05) is 29.8 Å². The number of rotatable bonds is 4. The molecule has 3 rings (SSSR count). The second-order valence-electron chi connectivity index (χ2n) is 5.10. The van der Waals surface area contributed by atoms with Gasteiger partial charge in [-0.05, 0) is 28.9 Å². The third kappa shape index (κ3) is 3.11. The van der Waals surface area contributed by atoms with E-state index in [4.69, 9.17) is 11.6 Å². The first-order chi connectivity index (χ1) is 11.4. The van der Waals surface area contributed by atoms with Crippen molar-refractivity contribution in [1.82, 2.24) is 9.38 Å². The second kappa shape index (κ2) is 6.66. The maximum atomic E-state index is 12.6. The summed E-state index contributed by atoms with van der Waals surface area (Å²) >= 11 is 9.39. The number of aryl methyl sites for hydroxylation is 1. The number of aromatic nitrogens is 2. The molecule has 0 amide bonds. The maximum Gasteiger partial charge on any atom is 0.387 e. The van der Waals surface area contributed by atoms with Crippen LogP contribution in [-0.4, -0.2) is 21.1 Å². The Kier molecular flexibility index (Phi) is 4.76. The van der Waals surface area contributed by atoms with E-state index >= 15 is 0 Å². The number of hydrogen-bond acceptors (Lipinski definition) is 3. The van der Waals surface area contributed by atoms with Gasteiger partial charge in [-0.3, -0.25) is 4.40 Å². The van der Waals surface area contributed by atoms with Crippen molar-refractivity contribution in [2.24, 2.45) is 0 Å². The van der Waals surface area contributed by atoms with Crippen molar-refractivity contribution in [2.75, 3.05) is 0 Å². The maximum absolute atomic E-state index is 12.6. The summed E-state index contributed by atoms with van der Waals surface area (Å²) in [4.78, 5) is 4.36. The van der Waals surface area contributed by atoms with E-state index in [2.05, 4.69) is 25.7 Å². The molecule has 3 aromatic rings. The van der Waals surface area contributed by atoms with Crippen molar-refractivity contribution in [2.45, 2.75) is 19.6 Å². The lowest BCUT2D eigenvalue weighted by Crippen LogP contribution is -2.10. The highest BCUT2D eigenvalue weighted by Gasteiger charge is 2.23. The van der Waals surface area contributed by atoms with Crippen molar-refractivity contribution in [3.05, 3.63) is 63.0 Å². The van der Waals surface area contributed by atoms with Gasteiger partial charge in [-0.2, -0.15) is 8.78 Å². The molecule has 0 fully saturated rings. The van der Waals surface area contributed by atoms with E-state index in [1.807, 2.05) is 0 Å². The van der Waals surface area contributed by atoms with E-state index in [9.17, 15) is 13.9 Å². The van der Waals surface area contributed by atoms with Crippen LogP contribution in [-0.2, 0) is 0 Å². The van der Waals surface area contributed by atoms with Crippen molar-refractivity contribution < 1.29 is 18.6 Å². The molecule has 0 aliphatic carbocycles. The Labute approximate surface area is 149 Å². The lowest BCUT2D eigenvalue weighted by molar-refractivity contribution is -0.0513. The molecule has 4 nitrogen and oxygen atoms in total. The Morgan fingerprint density at radius 2 is 2.04 bits per heavy atom. The van der Waals surface area contributed by atoms with Crippen LogP contribution >= 0.6 is 27.5 Å². The Morgan fingerprint density at radius 3 is 2.75 bits per heavy atom. The number of aliphatic hydroxyl groups excluding tert-OH is 1. The second-order valence-corrected chi connectivity index (χ2v) is 6.36. The summed E-state index contributed by atoms with van der Waals surface area (Å²) in [5, 5.41) is 11.3. The number of halogens is 4. The van der Waals surface area contributed by atoms with Crippen LogP contribution in [0.5, 0.6) is 5.75 Å². The molecule has 2 aromatic heterocycles. The molecule has 0 saturated carbocycles. The van der Waals surface area contributed by atoms with Gasteiger partial charge in [-0.25, -0.2) is 4.98 Å². The highest BCUT2D eigenvalue weighted by molar-refractivity contribution is 9.10. The normalized spacial score (nSPS) is 12.8. The van der Waals surface area contributed by atoms with Crippen LogP contribution in [0.1, 0.15) is 23.1 Å². The molecule has 0 aliphatic rings. The average Bonchev–Trinajstić information content (AvgIpc) is 2.82. The molecule has 1 unspecified atom stereocenters. The third-order valence-corrected chi connectivity index (χ3v) is 4.75. The first-order valence-electron chi connectivity index (χ1n) is 6.94. The molecule has 126 valence electrons. The van der Waals surface area contributed by atoms with Crippen LogP contribution in [0.15, 0.2) is 41.0 Å².